The van der Waals surface area contributed by atoms with Crippen LogP contribution in [0.1, 0.15) is 16.8 Å². The maximum Gasteiger partial charge on any atom is 0.254 e. The van der Waals surface area contributed by atoms with Crippen molar-refractivity contribution in [3.8, 4) is 11.3 Å². The van der Waals surface area contributed by atoms with Gasteiger partial charge in [0.1, 0.15) is 0 Å². The number of benzene rings is 1. The minimum Gasteiger partial charge on any atom is -0.338 e. The maximum atomic E-state index is 12.8. The molecule has 4 nitrogen and oxygen atoms in total. The van der Waals surface area contributed by atoms with E-state index in [0.717, 1.165) is 46.1 Å². The average Bonchev–Trinajstić information content (AvgIpc) is 2.53. The number of hydrogen-bond donors (Lipinski definition) is 0. The first-order valence-corrected chi connectivity index (χ1v) is 8.32. The van der Waals surface area contributed by atoms with E-state index in [2.05, 4.69) is 20.9 Å². The van der Waals surface area contributed by atoms with Gasteiger partial charge in [-0.15, -0.1) is 0 Å². The SMILES string of the molecule is O=C(c1cc(-c2ccncc2)nc2ccc(Br)cc12)N1CCC1. The van der Waals surface area contributed by atoms with E-state index in [4.69, 9.17) is 4.98 Å². The summed E-state index contributed by atoms with van der Waals surface area (Å²) in [4.78, 5) is 23.4. The number of rotatable bonds is 2. The molecule has 1 aliphatic heterocycles. The molecule has 0 radical (unpaired) electrons. The molecule has 0 unspecified atom stereocenters. The zero-order valence-electron chi connectivity index (χ0n) is 12.4. The molecule has 1 fully saturated rings. The van der Waals surface area contributed by atoms with Crippen molar-refractivity contribution in [2.45, 2.75) is 6.42 Å². The summed E-state index contributed by atoms with van der Waals surface area (Å²) in [6.07, 6.45) is 4.55. The highest BCUT2D eigenvalue weighted by Gasteiger charge is 2.24. The summed E-state index contributed by atoms with van der Waals surface area (Å²) in [6.45, 7) is 1.67. The fourth-order valence-electron chi connectivity index (χ4n) is 2.74. The molecule has 1 amide bonds. The summed E-state index contributed by atoms with van der Waals surface area (Å²) >= 11 is 3.49. The summed E-state index contributed by atoms with van der Waals surface area (Å²) in [5.74, 6) is 0.0806. The Balaban J connectivity index is 1.93. The van der Waals surface area contributed by atoms with Gasteiger partial charge in [0.15, 0.2) is 0 Å². The van der Waals surface area contributed by atoms with Crippen LogP contribution in [-0.2, 0) is 0 Å². The standard InChI is InChI=1S/C18H14BrN3O/c19-13-2-3-16-14(10-13)15(18(23)22-8-1-9-22)11-17(21-16)12-4-6-20-7-5-12/h2-7,10-11H,1,8-9H2. The molecule has 0 spiro atoms. The molecule has 3 aromatic rings. The number of carbonyl (C=O) groups is 1. The third-order valence-electron chi connectivity index (χ3n) is 4.12. The molecule has 1 aromatic carbocycles. The van der Waals surface area contributed by atoms with E-state index in [1.165, 1.54) is 0 Å². The van der Waals surface area contributed by atoms with Gasteiger partial charge in [0.25, 0.3) is 5.91 Å². The molecule has 23 heavy (non-hydrogen) atoms. The summed E-state index contributed by atoms with van der Waals surface area (Å²) in [7, 11) is 0. The van der Waals surface area contributed by atoms with E-state index in [0.29, 0.717) is 5.56 Å². The Morgan fingerprint density at radius 2 is 1.87 bits per heavy atom. The predicted octanol–water partition coefficient (Wildman–Crippen LogP) is 3.91. The lowest BCUT2D eigenvalue weighted by atomic mass is 10.0. The molecule has 1 aliphatic rings. The molecule has 2 aromatic heterocycles. The summed E-state index contributed by atoms with van der Waals surface area (Å²) in [6, 6.07) is 11.6. The highest BCUT2D eigenvalue weighted by atomic mass is 79.9. The first kappa shape index (κ1) is 14.3. The molecule has 0 saturated carbocycles. The topological polar surface area (TPSA) is 46.1 Å². The number of nitrogens with zero attached hydrogens (tertiary/aromatic N) is 3. The molecule has 3 heterocycles. The van der Waals surface area contributed by atoms with E-state index in [1.54, 1.807) is 12.4 Å². The summed E-state index contributed by atoms with van der Waals surface area (Å²) in [5, 5.41) is 0.883. The summed E-state index contributed by atoms with van der Waals surface area (Å²) < 4.78 is 0.945. The van der Waals surface area contributed by atoms with Gasteiger partial charge in [0, 0.05) is 40.9 Å². The molecule has 0 atom stereocenters. The lowest BCUT2D eigenvalue weighted by molar-refractivity contribution is 0.0654. The Bertz CT molecular complexity index is 891. The van der Waals surface area contributed by atoms with Crippen LogP contribution in [0.25, 0.3) is 22.2 Å². The fourth-order valence-corrected chi connectivity index (χ4v) is 3.10. The van der Waals surface area contributed by atoms with Crippen molar-refractivity contribution in [2.24, 2.45) is 0 Å². The van der Waals surface area contributed by atoms with Crippen LogP contribution >= 0.6 is 15.9 Å². The third kappa shape index (κ3) is 2.61. The van der Waals surface area contributed by atoms with Crippen molar-refractivity contribution in [1.82, 2.24) is 14.9 Å². The van der Waals surface area contributed by atoms with E-state index in [9.17, 15) is 4.79 Å². The predicted molar refractivity (Wildman–Crippen MR) is 93.2 cm³/mol. The van der Waals surface area contributed by atoms with E-state index in [-0.39, 0.29) is 5.91 Å². The van der Waals surface area contributed by atoms with Crippen molar-refractivity contribution in [1.29, 1.82) is 0 Å². The zero-order chi connectivity index (χ0) is 15.8. The monoisotopic (exact) mass is 367 g/mol. The highest BCUT2D eigenvalue weighted by Crippen LogP contribution is 2.28. The Morgan fingerprint density at radius 1 is 1.09 bits per heavy atom. The largest absolute Gasteiger partial charge is 0.338 e. The molecule has 114 valence electrons. The van der Waals surface area contributed by atoms with E-state index >= 15 is 0 Å². The highest BCUT2D eigenvalue weighted by molar-refractivity contribution is 9.10. The third-order valence-corrected chi connectivity index (χ3v) is 4.61. The second-order valence-electron chi connectivity index (χ2n) is 5.60. The maximum absolute atomic E-state index is 12.8. The number of hydrogen-bond acceptors (Lipinski definition) is 3. The van der Waals surface area contributed by atoms with Crippen molar-refractivity contribution in [2.75, 3.05) is 13.1 Å². The second-order valence-corrected chi connectivity index (χ2v) is 6.51. The van der Waals surface area contributed by atoms with Crippen LogP contribution in [0.15, 0.2) is 53.3 Å². The Kier molecular flexibility index (Phi) is 3.58. The van der Waals surface area contributed by atoms with Gasteiger partial charge >= 0.3 is 0 Å². The van der Waals surface area contributed by atoms with Crippen LogP contribution in [0.3, 0.4) is 0 Å². The molecular weight excluding hydrogens is 354 g/mol. The molecular formula is C18H14BrN3O. The van der Waals surface area contributed by atoms with Crippen molar-refractivity contribution < 1.29 is 4.79 Å². The lowest BCUT2D eigenvalue weighted by Gasteiger charge is -2.31. The molecule has 4 rings (SSSR count). The van der Waals surface area contributed by atoms with E-state index < -0.39 is 0 Å². The number of halogens is 1. The van der Waals surface area contributed by atoms with Gasteiger partial charge in [-0.1, -0.05) is 15.9 Å². The number of likely N-dealkylation sites (tertiary alicyclic amines) is 1. The minimum absolute atomic E-state index is 0.0806. The first-order valence-electron chi connectivity index (χ1n) is 7.52. The van der Waals surface area contributed by atoms with Crippen LogP contribution < -0.4 is 0 Å². The molecule has 5 heteroatoms. The number of aromatic nitrogens is 2. The van der Waals surface area contributed by atoms with Gasteiger partial charge in [-0.3, -0.25) is 9.78 Å². The fraction of sp³-hybridized carbons (Fsp3) is 0.167. The number of amides is 1. The van der Waals surface area contributed by atoms with Crippen LogP contribution in [0.2, 0.25) is 0 Å². The Hall–Kier alpha value is -2.27. The second kappa shape index (κ2) is 5.74. The Morgan fingerprint density at radius 3 is 2.57 bits per heavy atom. The molecule has 0 bridgehead atoms. The van der Waals surface area contributed by atoms with Crippen molar-refractivity contribution in [3.05, 3.63) is 58.8 Å². The van der Waals surface area contributed by atoms with Crippen LogP contribution in [0, 0.1) is 0 Å². The Labute approximate surface area is 142 Å². The van der Waals surface area contributed by atoms with Gasteiger partial charge in [0.05, 0.1) is 16.8 Å². The van der Waals surface area contributed by atoms with Gasteiger partial charge in [0.2, 0.25) is 0 Å². The first-order chi connectivity index (χ1) is 11.2. The molecule has 0 N–H and O–H groups in total. The molecule has 1 saturated heterocycles. The van der Waals surface area contributed by atoms with Gasteiger partial charge in [-0.2, -0.15) is 0 Å². The van der Waals surface area contributed by atoms with Crippen LogP contribution in [0.5, 0.6) is 0 Å². The van der Waals surface area contributed by atoms with E-state index in [1.807, 2.05) is 41.3 Å². The normalized spacial score (nSPS) is 13.9. The lowest BCUT2D eigenvalue weighted by Crippen LogP contribution is -2.42. The molecule has 0 aliphatic carbocycles. The zero-order valence-corrected chi connectivity index (χ0v) is 14.0. The number of pyridine rings is 2. The quantitative estimate of drug-likeness (QED) is 0.689. The summed E-state index contributed by atoms with van der Waals surface area (Å²) in [5.41, 5.74) is 3.29. The number of carbonyl (C=O) groups excluding carboxylic acids is 1. The van der Waals surface area contributed by atoms with Crippen LogP contribution in [0.4, 0.5) is 0 Å². The number of fused-ring (bicyclic) bond motifs is 1. The van der Waals surface area contributed by atoms with Gasteiger partial charge in [-0.25, -0.2) is 4.98 Å². The van der Waals surface area contributed by atoms with Gasteiger partial charge < -0.3 is 4.90 Å². The van der Waals surface area contributed by atoms with Crippen molar-refractivity contribution in [3.63, 3.8) is 0 Å². The average molecular weight is 368 g/mol. The van der Waals surface area contributed by atoms with Gasteiger partial charge in [-0.05, 0) is 42.8 Å². The van der Waals surface area contributed by atoms with Crippen LogP contribution in [-0.4, -0.2) is 33.9 Å². The van der Waals surface area contributed by atoms with Crippen molar-refractivity contribution >= 4 is 32.7 Å². The smallest absolute Gasteiger partial charge is 0.254 e. The minimum atomic E-state index is 0.0806.